The van der Waals surface area contributed by atoms with Crippen LogP contribution >= 0.6 is 0 Å². The van der Waals surface area contributed by atoms with Crippen molar-refractivity contribution in [2.45, 2.75) is 32.9 Å². The summed E-state index contributed by atoms with van der Waals surface area (Å²) in [7, 11) is 0. The minimum Gasteiger partial charge on any atom is -0.361 e. The quantitative estimate of drug-likeness (QED) is 0.314. The maximum Gasteiger partial charge on any atom is 0.418 e. The maximum absolute atomic E-state index is 13.3. The molecule has 26 heavy (non-hydrogen) atoms. The van der Waals surface area contributed by atoms with Crippen molar-refractivity contribution in [2.24, 2.45) is 0 Å². The van der Waals surface area contributed by atoms with E-state index in [1.165, 1.54) is 11.1 Å². The molecule has 0 radical (unpaired) electrons. The van der Waals surface area contributed by atoms with E-state index in [2.05, 4.69) is 0 Å². The van der Waals surface area contributed by atoms with Crippen molar-refractivity contribution < 1.29 is 23.0 Å². The van der Waals surface area contributed by atoms with Crippen molar-refractivity contribution in [1.29, 1.82) is 5.26 Å². The first-order valence-corrected chi connectivity index (χ1v) is 7.57. The number of nitro benzene ring substituents is 2. The minimum atomic E-state index is -5.13. The predicted molar refractivity (Wildman–Crippen MR) is 86.8 cm³/mol. The lowest BCUT2D eigenvalue weighted by Crippen LogP contribution is -2.26. The highest BCUT2D eigenvalue weighted by atomic mass is 19.4. The van der Waals surface area contributed by atoms with Gasteiger partial charge in [-0.2, -0.15) is 18.4 Å². The van der Waals surface area contributed by atoms with Gasteiger partial charge in [0.05, 0.1) is 15.4 Å². The Labute approximate surface area is 146 Å². The summed E-state index contributed by atoms with van der Waals surface area (Å²) < 4.78 is 39.8. The fourth-order valence-electron chi connectivity index (χ4n) is 2.46. The van der Waals surface area contributed by atoms with Crippen LogP contribution in [0.25, 0.3) is 0 Å². The van der Waals surface area contributed by atoms with E-state index in [0.29, 0.717) is 12.8 Å². The molecule has 12 heteroatoms. The van der Waals surface area contributed by atoms with Crippen LogP contribution in [-0.2, 0) is 6.18 Å². The zero-order valence-electron chi connectivity index (χ0n) is 14.0. The molecule has 0 atom stereocenters. The van der Waals surface area contributed by atoms with Crippen molar-refractivity contribution in [3.05, 3.63) is 31.9 Å². The summed E-state index contributed by atoms with van der Waals surface area (Å²) >= 11 is 0. The van der Waals surface area contributed by atoms with Gasteiger partial charge in [0.15, 0.2) is 11.9 Å². The number of unbranched alkanes of at least 4 members (excludes halogenated alkanes) is 1. The van der Waals surface area contributed by atoms with Gasteiger partial charge < -0.3 is 4.90 Å². The maximum atomic E-state index is 13.3. The number of anilines is 2. The van der Waals surface area contributed by atoms with Crippen LogP contribution in [0.2, 0.25) is 0 Å². The molecule has 0 saturated carbocycles. The Bertz CT molecular complexity index is 746. The van der Waals surface area contributed by atoms with Crippen LogP contribution in [0.4, 0.5) is 35.9 Å². The van der Waals surface area contributed by atoms with Crippen molar-refractivity contribution in [2.75, 3.05) is 23.3 Å². The van der Waals surface area contributed by atoms with E-state index < -0.39 is 44.3 Å². The van der Waals surface area contributed by atoms with Crippen LogP contribution < -0.4 is 10.2 Å². The summed E-state index contributed by atoms with van der Waals surface area (Å²) in [5.41, 5.74) is -5.49. The van der Waals surface area contributed by atoms with Gasteiger partial charge in [0, 0.05) is 19.2 Å². The second kappa shape index (κ2) is 8.32. The first-order valence-electron chi connectivity index (χ1n) is 7.57. The fraction of sp³-hybridized carbons (Fsp3) is 0.500. The van der Waals surface area contributed by atoms with E-state index >= 15 is 0 Å². The lowest BCUT2D eigenvalue weighted by molar-refractivity contribution is -0.392. The van der Waals surface area contributed by atoms with Crippen molar-refractivity contribution >= 4 is 22.7 Å². The zero-order chi connectivity index (χ0) is 20.1. The molecule has 0 fully saturated rings. The number of halogens is 3. The number of rotatable bonds is 8. The topological polar surface area (TPSA) is 125 Å². The Hall–Kier alpha value is -3.10. The molecule has 9 nitrogen and oxygen atoms in total. The molecule has 0 spiro atoms. The van der Waals surface area contributed by atoms with Crippen LogP contribution in [0.3, 0.4) is 0 Å². The van der Waals surface area contributed by atoms with Gasteiger partial charge in [-0.3, -0.25) is 25.5 Å². The average Bonchev–Trinajstić information content (AvgIpc) is 2.54. The van der Waals surface area contributed by atoms with Gasteiger partial charge in [-0.1, -0.05) is 13.3 Å². The lowest BCUT2D eigenvalue weighted by Gasteiger charge is -2.24. The molecule has 0 aliphatic carbocycles. The molecular weight excluding hydrogens is 359 g/mol. The standard InChI is InChI=1S/C14H16F3N5O4/c1-3-5-6-20(4-2)12-10(21(23)24)7-9(14(15,16)17)11(19-8-18)13(12)22(25)26/h7,19H,3-6H2,1-2H3. The Morgan fingerprint density at radius 1 is 1.27 bits per heavy atom. The largest absolute Gasteiger partial charge is 0.418 e. The number of nitrogens with one attached hydrogen (secondary N) is 1. The second-order valence-electron chi connectivity index (χ2n) is 5.20. The Balaban J connectivity index is 3.97. The monoisotopic (exact) mass is 375 g/mol. The number of nitriles is 1. The van der Waals surface area contributed by atoms with Gasteiger partial charge in [-0.25, -0.2) is 0 Å². The summed E-state index contributed by atoms with van der Waals surface area (Å²) in [4.78, 5) is 21.9. The molecular formula is C14H16F3N5O4. The van der Waals surface area contributed by atoms with E-state index in [1.807, 2.05) is 6.92 Å². The first kappa shape index (κ1) is 20.9. The SMILES string of the molecule is CCCCN(CC)c1c([N+](=O)[O-])cc(C(F)(F)F)c(NC#N)c1[N+](=O)[O-]. The van der Waals surface area contributed by atoms with E-state index in [4.69, 9.17) is 5.26 Å². The summed E-state index contributed by atoms with van der Waals surface area (Å²) in [5.74, 6) is 0. The third-order valence-electron chi connectivity index (χ3n) is 3.60. The first-order chi connectivity index (χ1) is 12.1. The van der Waals surface area contributed by atoms with Crippen molar-refractivity contribution in [3.63, 3.8) is 0 Å². The number of benzene rings is 1. The van der Waals surface area contributed by atoms with Gasteiger partial charge in [0.1, 0.15) is 5.69 Å². The molecule has 0 aromatic heterocycles. The van der Waals surface area contributed by atoms with E-state index in [0.717, 1.165) is 0 Å². The summed E-state index contributed by atoms with van der Waals surface area (Å²) in [6.45, 7) is 3.66. The molecule has 0 unspecified atom stereocenters. The number of nitro groups is 2. The van der Waals surface area contributed by atoms with Crippen LogP contribution in [0, 0.1) is 31.7 Å². The molecule has 142 valence electrons. The predicted octanol–water partition coefficient (Wildman–Crippen LogP) is 4.04. The molecule has 0 heterocycles. The molecule has 1 rings (SSSR count). The van der Waals surface area contributed by atoms with Crippen LogP contribution in [0.1, 0.15) is 32.3 Å². The highest BCUT2D eigenvalue weighted by Crippen LogP contribution is 2.49. The minimum absolute atomic E-state index is 0.0963. The van der Waals surface area contributed by atoms with Gasteiger partial charge in [-0.05, 0) is 13.3 Å². The van der Waals surface area contributed by atoms with Gasteiger partial charge in [0.25, 0.3) is 5.69 Å². The van der Waals surface area contributed by atoms with Crippen LogP contribution in [0.15, 0.2) is 6.07 Å². The average molecular weight is 375 g/mol. The Morgan fingerprint density at radius 2 is 1.88 bits per heavy atom. The van der Waals surface area contributed by atoms with Crippen molar-refractivity contribution in [1.82, 2.24) is 0 Å². The molecule has 1 N–H and O–H groups in total. The molecule has 0 amide bonds. The number of alkyl halides is 3. The number of hydrogen-bond donors (Lipinski definition) is 1. The van der Waals surface area contributed by atoms with Gasteiger partial charge >= 0.3 is 11.9 Å². The van der Waals surface area contributed by atoms with Gasteiger partial charge in [0.2, 0.25) is 0 Å². The smallest absolute Gasteiger partial charge is 0.361 e. The summed E-state index contributed by atoms with van der Waals surface area (Å²) in [6.07, 6.45) is -2.72. The summed E-state index contributed by atoms with van der Waals surface area (Å²) in [5, 5.41) is 33.2. The Morgan fingerprint density at radius 3 is 2.27 bits per heavy atom. The normalized spacial score (nSPS) is 10.9. The van der Waals surface area contributed by atoms with E-state index in [-0.39, 0.29) is 19.2 Å². The number of nitrogens with zero attached hydrogens (tertiary/aromatic N) is 4. The zero-order valence-corrected chi connectivity index (χ0v) is 14.0. The van der Waals surface area contributed by atoms with E-state index in [1.54, 1.807) is 12.2 Å². The molecule has 0 aliphatic rings. The summed E-state index contributed by atoms with van der Waals surface area (Å²) in [6, 6.07) is 0.219. The highest BCUT2D eigenvalue weighted by molar-refractivity contribution is 5.88. The van der Waals surface area contributed by atoms with Crippen molar-refractivity contribution in [3.8, 4) is 6.19 Å². The fourth-order valence-corrected chi connectivity index (χ4v) is 2.46. The van der Waals surface area contributed by atoms with Gasteiger partial charge in [-0.15, -0.1) is 0 Å². The third kappa shape index (κ3) is 4.29. The van der Waals surface area contributed by atoms with E-state index in [9.17, 15) is 33.4 Å². The van der Waals surface area contributed by atoms with Crippen LogP contribution in [-0.4, -0.2) is 22.9 Å². The molecule has 0 aliphatic heterocycles. The molecule has 1 aromatic carbocycles. The molecule has 0 saturated heterocycles. The lowest BCUT2D eigenvalue weighted by atomic mass is 10.1. The molecule has 1 aromatic rings. The Kier molecular flexibility index (Phi) is 6.71. The second-order valence-corrected chi connectivity index (χ2v) is 5.20. The molecule has 0 bridgehead atoms. The number of hydrogen-bond acceptors (Lipinski definition) is 7. The third-order valence-corrected chi connectivity index (χ3v) is 3.60. The van der Waals surface area contributed by atoms with Crippen LogP contribution in [0.5, 0.6) is 0 Å². The highest BCUT2D eigenvalue weighted by Gasteiger charge is 2.43.